The molecule has 2 aliphatic heterocycles. The van der Waals surface area contributed by atoms with Gasteiger partial charge in [0.15, 0.2) is 11.6 Å². The van der Waals surface area contributed by atoms with Crippen LogP contribution in [0, 0.1) is 11.6 Å². The van der Waals surface area contributed by atoms with Gasteiger partial charge in [-0.1, -0.05) is 12.1 Å². The molecule has 0 fully saturated rings. The largest absolute Gasteiger partial charge is 0.362 e. The maximum Gasteiger partial charge on any atom is 0.246 e. The lowest BCUT2D eigenvalue weighted by atomic mass is 10.0. The summed E-state index contributed by atoms with van der Waals surface area (Å²) in [5.74, 6) is -2.11. The van der Waals surface area contributed by atoms with Gasteiger partial charge < -0.3 is 15.1 Å². The Kier molecular flexibility index (Phi) is 4.75. The third-order valence-electron chi connectivity index (χ3n) is 5.29. The smallest absolute Gasteiger partial charge is 0.246 e. The number of benzene rings is 2. The molecule has 2 aliphatic rings. The van der Waals surface area contributed by atoms with Crippen LogP contribution in [-0.4, -0.2) is 30.9 Å². The first-order chi connectivity index (χ1) is 13.4. The van der Waals surface area contributed by atoms with Crippen molar-refractivity contribution in [2.24, 2.45) is 0 Å². The van der Waals surface area contributed by atoms with E-state index in [0.29, 0.717) is 35.6 Å². The highest BCUT2D eigenvalue weighted by atomic mass is 19.2. The Morgan fingerprint density at radius 1 is 1.18 bits per heavy atom. The summed E-state index contributed by atoms with van der Waals surface area (Å²) >= 11 is 0. The summed E-state index contributed by atoms with van der Waals surface area (Å²) in [6, 6.07) is 9.25. The van der Waals surface area contributed by atoms with E-state index in [0.717, 1.165) is 6.42 Å². The highest BCUT2D eigenvalue weighted by Gasteiger charge is 2.31. The zero-order valence-corrected chi connectivity index (χ0v) is 15.5. The van der Waals surface area contributed by atoms with Crippen molar-refractivity contribution in [1.82, 2.24) is 0 Å². The van der Waals surface area contributed by atoms with Crippen molar-refractivity contribution in [3.63, 3.8) is 0 Å². The number of rotatable bonds is 2. The van der Waals surface area contributed by atoms with Crippen molar-refractivity contribution in [2.75, 3.05) is 28.2 Å². The number of halogens is 2. The van der Waals surface area contributed by atoms with Crippen molar-refractivity contribution in [2.45, 2.75) is 32.2 Å². The number of nitrogens with one attached hydrogen (secondary N) is 1. The molecule has 0 unspecified atom stereocenters. The fraction of sp³-hybridized carbons (Fsp3) is 0.333. The van der Waals surface area contributed by atoms with E-state index in [1.165, 1.54) is 12.1 Å². The molecule has 2 aromatic rings. The van der Waals surface area contributed by atoms with Gasteiger partial charge in [-0.25, -0.2) is 8.78 Å². The molecule has 0 saturated heterocycles. The molecule has 0 radical (unpaired) electrons. The SMILES string of the molecule is C[C@H]1CC(=O)Nc2ccccc2N1C(=O)CN1CCCc2cc(F)c(F)cc21. The van der Waals surface area contributed by atoms with Gasteiger partial charge in [0.1, 0.15) is 0 Å². The summed E-state index contributed by atoms with van der Waals surface area (Å²) in [6.45, 7) is 2.45. The number of nitrogens with zero attached hydrogens (tertiary/aromatic N) is 2. The number of carbonyl (C=O) groups excluding carboxylic acids is 2. The van der Waals surface area contributed by atoms with Crippen molar-refractivity contribution in [1.29, 1.82) is 0 Å². The number of hydrogen-bond acceptors (Lipinski definition) is 3. The fourth-order valence-electron chi connectivity index (χ4n) is 4.02. The van der Waals surface area contributed by atoms with E-state index in [9.17, 15) is 18.4 Å². The van der Waals surface area contributed by atoms with Crippen LogP contribution in [0.15, 0.2) is 36.4 Å². The third-order valence-corrected chi connectivity index (χ3v) is 5.29. The molecule has 2 amide bonds. The molecule has 1 atom stereocenters. The van der Waals surface area contributed by atoms with Crippen LogP contribution in [0.1, 0.15) is 25.3 Å². The number of carbonyl (C=O) groups is 2. The van der Waals surface area contributed by atoms with E-state index in [2.05, 4.69) is 5.32 Å². The zero-order valence-electron chi connectivity index (χ0n) is 15.5. The first-order valence-corrected chi connectivity index (χ1v) is 9.38. The summed E-state index contributed by atoms with van der Waals surface area (Å²) in [7, 11) is 0. The predicted octanol–water partition coefficient (Wildman–Crippen LogP) is 3.48. The molecular formula is C21H21F2N3O2. The summed E-state index contributed by atoms with van der Waals surface area (Å²) in [6.07, 6.45) is 1.60. The van der Waals surface area contributed by atoms with Crippen LogP contribution in [0.2, 0.25) is 0 Å². The molecule has 0 aromatic heterocycles. The molecule has 0 aliphatic carbocycles. The van der Waals surface area contributed by atoms with Crippen LogP contribution >= 0.6 is 0 Å². The van der Waals surface area contributed by atoms with E-state index in [-0.39, 0.29) is 30.8 Å². The standard InChI is InChI=1S/C21H21F2N3O2/c1-13-9-20(27)24-17-6-2-3-7-18(17)26(13)21(28)12-25-8-4-5-14-10-15(22)16(23)11-19(14)25/h2-3,6-7,10-11,13H,4-5,8-9,12H2,1H3,(H,24,27)/t13-/m0/s1. The lowest BCUT2D eigenvalue weighted by Crippen LogP contribution is -2.46. The average molecular weight is 385 g/mol. The maximum atomic E-state index is 13.8. The predicted molar refractivity (Wildman–Crippen MR) is 104 cm³/mol. The molecule has 0 bridgehead atoms. The lowest BCUT2D eigenvalue weighted by Gasteiger charge is -2.34. The first kappa shape index (κ1) is 18.4. The second-order valence-electron chi connectivity index (χ2n) is 7.30. The number of aryl methyl sites for hydroxylation is 1. The van der Waals surface area contributed by atoms with Gasteiger partial charge in [0.2, 0.25) is 11.8 Å². The Labute approximate surface area is 161 Å². The first-order valence-electron chi connectivity index (χ1n) is 9.38. The van der Waals surface area contributed by atoms with E-state index in [1.807, 2.05) is 13.0 Å². The molecular weight excluding hydrogens is 364 g/mol. The molecule has 0 spiro atoms. The quantitative estimate of drug-likeness (QED) is 0.861. The van der Waals surface area contributed by atoms with E-state index >= 15 is 0 Å². The third kappa shape index (κ3) is 3.32. The van der Waals surface area contributed by atoms with Gasteiger partial charge in [-0.15, -0.1) is 0 Å². The second kappa shape index (κ2) is 7.22. The van der Waals surface area contributed by atoms with Gasteiger partial charge in [0, 0.05) is 30.8 Å². The zero-order chi connectivity index (χ0) is 19.8. The topological polar surface area (TPSA) is 52.7 Å². The maximum absolute atomic E-state index is 13.8. The molecule has 7 heteroatoms. The van der Waals surface area contributed by atoms with Gasteiger partial charge >= 0.3 is 0 Å². The van der Waals surface area contributed by atoms with Crippen LogP contribution in [0.3, 0.4) is 0 Å². The fourth-order valence-corrected chi connectivity index (χ4v) is 4.02. The number of anilines is 3. The van der Waals surface area contributed by atoms with Crippen LogP contribution in [-0.2, 0) is 16.0 Å². The highest BCUT2D eigenvalue weighted by molar-refractivity contribution is 6.05. The van der Waals surface area contributed by atoms with Crippen molar-refractivity contribution in [3.05, 3.63) is 53.6 Å². The number of amides is 2. The van der Waals surface area contributed by atoms with Crippen molar-refractivity contribution >= 4 is 28.9 Å². The van der Waals surface area contributed by atoms with Crippen molar-refractivity contribution in [3.8, 4) is 0 Å². The van der Waals surface area contributed by atoms with E-state index < -0.39 is 11.6 Å². The summed E-state index contributed by atoms with van der Waals surface area (Å²) in [4.78, 5) is 28.8. The normalized spacial score (nSPS) is 18.8. The monoisotopic (exact) mass is 385 g/mol. The Bertz CT molecular complexity index is 947. The Morgan fingerprint density at radius 3 is 2.75 bits per heavy atom. The molecule has 2 aromatic carbocycles. The van der Waals surface area contributed by atoms with E-state index in [4.69, 9.17) is 0 Å². The highest BCUT2D eigenvalue weighted by Crippen LogP contribution is 2.33. The minimum absolute atomic E-state index is 0.0327. The van der Waals surface area contributed by atoms with Gasteiger partial charge in [0.25, 0.3) is 0 Å². The summed E-state index contributed by atoms with van der Waals surface area (Å²) < 4.78 is 27.4. The van der Waals surface area contributed by atoms with Gasteiger partial charge in [-0.2, -0.15) is 0 Å². The molecule has 146 valence electrons. The van der Waals surface area contributed by atoms with Crippen LogP contribution < -0.4 is 15.1 Å². The lowest BCUT2D eigenvalue weighted by molar-refractivity contribution is -0.118. The molecule has 28 heavy (non-hydrogen) atoms. The molecule has 0 saturated carbocycles. The molecule has 5 nitrogen and oxygen atoms in total. The number of fused-ring (bicyclic) bond motifs is 2. The molecule has 2 heterocycles. The summed E-state index contributed by atoms with van der Waals surface area (Å²) in [5, 5.41) is 2.83. The average Bonchev–Trinajstić information content (AvgIpc) is 2.77. The van der Waals surface area contributed by atoms with Gasteiger partial charge in [-0.05, 0) is 43.5 Å². The minimum atomic E-state index is -0.915. The van der Waals surface area contributed by atoms with Gasteiger partial charge in [-0.3, -0.25) is 9.59 Å². The minimum Gasteiger partial charge on any atom is -0.362 e. The Balaban J connectivity index is 1.64. The van der Waals surface area contributed by atoms with Gasteiger partial charge in [0.05, 0.1) is 17.9 Å². The van der Waals surface area contributed by atoms with E-state index in [1.54, 1.807) is 28.0 Å². The Morgan fingerprint density at radius 2 is 1.93 bits per heavy atom. The molecule has 4 rings (SSSR count). The van der Waals surface area contributed by atoms with Crippen LogP contribution in [0.4, 0.5) is 25.8 Å². The van der Waals surface area contributed by atoms with Crippen LogP contribution in [0.5, 0.6) is 0 Å². The summed E-state index contributed by atoms with van der Waals surface area (Å²) in [5.41, 5.74) is 2.51. The van der Waals surface area contributed by atoms with Crippen LogP contribution in [0.25, 0.3) is 0 Å². The number of hydrogen-bond donors (Lipinski definition) is 1. The number of para-hydroxylation sites is 2. The Hall–Kier alpha value is -2.96. The van der Waals surface area contributed by atoms with Crippen molar-refractivity contribution < 1.29 is 18.4 Å². The second-order valence-corrected chi connectivity index (χ2v) is 7.30. The molecule has 1 N–H and O–H groups in total.